The Morgan fingerprint density at radius 2 is 1.95 bits per heavy atom. The lowest BCUT2D eigenvalue weighted by Gasteiger charge is -2.17. The standard InChI is InChI=1S/C16H25NO2S/c1-3-10-17-15(4-2)12-20(18,19)16-9-8-13-6-5-7-14(13)11-16/h8-9,11,15,17H,3-7,10,12H2,1-2H3. The van der Waals surface area contributed by atoms with Gasteiger partial charge in [0.2, 0.25) is 0 Å². The van der Waals surface area contributed by atoms with Gasteiger partial charge in [-0.25, -0.2) is 8.42 Å². The van der Waals surface area contributed by atoms with E-state index in [-0.39, 0.29) is 11.8 Å². The minimum Gasteiger partial charge on any atom is -0.313 e. The Labute approximate surface area is 122 Å². The third-order valence-corrected chi connectivity index (χ3v) is 5.84. The van der Waals surface area contributed by atoms with Crippen molar-refractivity contribution in [2.24, 2.45) is 0 Å². The third-order valence-electron chi connectivity index (χ3n) is 4.03. The molecule has 1 aliphatic rings. The highest BCUT2D eigenvalue weighted by atomic mass is 32.2. The van der Waals surface area contributed by atoms with Crippen LogP contribution in [-0.4, -0.2) is 26.8 Å². The molecular formula is C16H25NO2S. The summed E-state index contributed by atoms with van der Waals surface area (Å²) in [5.41, 5.74) is 2.54. The number of hydrogen-bond acceptors (Lipinski definition) is 3. The van der Waals surface area contributed by atoms with Gasteiger partial charge in [0, 0.05) is 6.04 Å². The van der Waals surface area contributed by atoms with Crippen molar-refractivity contribution in [3.63, 3.8) is 0 Å². The lowest BCUT2D eigenvalue weighted by molar-refractivity contribution is 0.519. The van der Waals surface area contributed by atoms with Crippen LogP contribution in [0.5, 0.6) is 0 Å². The molecule has 112 valence electrons. The third kappa shape index (κ3) is 3.61. The van der Waals surface area contributed by atoms with Crippen LogP contribution >= 0.6 is 0 Å². The SMILES string of the molecule is CCCNC(CC)CS(=O)(=O)c1ccc2c(c1)CCC2. The van der Waals surface area contributed by atoms with Crippen molar-refractivity contribution in [2.45, 2.75) is 56.9 Å². The minimum absolute atomic E-state index is 0.0493. The van der Waals surface area contributed by atoms with Gasteiger partial charge in [0.1, 0.15) is 0 Å². The molecule has 0 amide bonds. The van der Waals surface area contributed by atoms with Crippen LogP contribution in [0.3, 0.4) is 0 Å². The Kier molecular flexibility index (Phi) is 5.22. The second-order valence-electron chi connectivity index (χ2n) is 5.62. The quantitative estimate of drug-likeness (QED) is 0.841. The fraction of sp³-hybridized carbons (Fsp3) is 0.625. The maximum absolute atomic E-state index is 12.5. The molecule has 1 N–H and O–H groups in total. The summed E-state index contributed by atoms with van der Waals surface area (Å²) < 4.78 is 25.0. The van der Waals surface area contributed by atoms with Crippen molar-refractivity contribution >= 4 is 9.84 Å². The monoisotopic (exact) mass is 295 g/mol. The fourth-order valence-corrected chi connectivity index (χ4v) is 4.45. The average Bonchev–Trinajstić information content (AvgIpc) is 2.90. The van der Waals surface area contributed by atoms with Gasteiger partial charge in [0.25, 0.3) is 0 Å². The molecule has 1 aromatic carbocycles. The number of benzene rings is 1. The number of aryl methyl sites for hydroxylation is 2. The Bertz CT molecular complexity index is 552. The van der Waals surface area contributed by atoms with E-state index in [9.17, 15) is 8.42 Å². The molecule has 1 unspecified atom stereocenters. The zero-order chi connectivity index (χ0) is 14.6. The molecule has 0 bridgehead atoms. The largest absolute Gasteiger partial charge is 0.313 e. The molecular weight excluding hydrogens is 270 g/mol. The number of sulfone groups is 1. The second kappa shape index (κ2) is 6.72. The highest BCUT2D eigenvalue weighted by Crippen LogP contribution is 2.25. The van der Waals surface area contributed by atoms with Crippen molar-refractivity contribution in [2.75, 3.05) is 12.3 Å². The van der Waals surface area contributed by atoms with Crippen molar-refractivity contribution < 1.29 is 8.42 Å². The van der Waals surface area contributed by atoms with Gasteiger partial charge in [0.05, 0.1) is 10.6 Å². The Morgan fingerprint density at radius 3 is 2.65 bits per heavy atom. The van der Waals surface area contributed by atoms with E-state index in [1.165, 1.54) is 11.1 Å². The van der Waals surface area contributed by atoms with Gasteiger partial charge in [-0.15, -0.1) is 0 Å². The van der Waals surface area contributed by atoms with E-state index in [1.54, 1.807) is 6.07 Å². The zero-order valence-electron chi connectivity index (χ0n) is 12.5. The second-order valence-corrected chi connectivity index (χ2v) is 7.66. The van der Waals surface area contributed by atoms with Gasteiger partial charge < -0.3 is 5.32 Å². The molecule has 0 saturated carbocycles. The van der Waals surface area contributed by atoms with Gasteiger partial charge in [-0.2, -0.15) is 0 Å². The van der Waals surface area contributed by atoms with Crippen molar-refractivity contribution in [1.82, 2.24) is 5.32 Å². The predicted octanol–water partition coefficient (Wildman–Crippen LogP) is 2.73. The molecule has 4 heteroatoms. The summed E-state index contributed by atoms with van der Waals surface area (Å²) in [5, 5.41) is 3.32. The van der Waals surface area contributed by atoms with Crippen LogP contribution in [0.25, 0.3) is 0 Å². The Balaban J connectivity index is 2.13. The van der Waals surface area contributed by atoms with Gasteiger partial charge >= 0.3 is 0 Å². The normalized spacial score (nSPS) is 16.1. The van der Waals surface area contributed by atoms with Crippen LogP contribution < -0.4 is 5.32 Å². The van der Waals surface area contributed by atoms with Gasteiger partial charge in [-0.05, 0) is 61.9 Å². The number of rotatable bonds is 7. The number of fused-ring (bicyclic) bond motifs is 1. The topological polar surface area (TPSA) is 46.2 Å². The highest BCUT2D eigenvalue weighted by molar-refractivity contribution is 7.91. The van der Waals surface area contributed by atoms with E-state index in [0.717, 1.165) is 38.6 Å². The average molecular weight is 295 g/mol. The van der Waals surface area contributed by atoms with Crippen LogP contribution in [0.4, 0.5) is 0 Å². The van der Waals surface area contributed by atoms with Gasteiger partial charge in [-0.1, -0.05) is 19.9 Å². The summed E-state index contributed by atoms with van der Waals surface area (Å²) in [5.74, 6) is 0.197. The maximum atomic E-state index is 12.5. The summed E-state index contributed by atoms with van der Waals surface area (Å²) in [6, 6.07) is 5.72. The molecule has 0 spiro atoms. The van der Waals surface area contributed by atoms with E-state index < -0.39 is 9.84 Å². The van der Waals surface area contributed by atoms with Crippen molar-refractivity contribution in [1.29, 1.82) is 0 Å². The molecule has 0 fully saturated rings. The molecule has 1 aliphatic carbocycles. The molecule has 3 nitrogen and oxygen atoms in total. The fourth-order valence-electron chi connectivity index (χ4n) is 2.77. The molecule has 0 aliphatic heterocycles. The zero-order valence-corrected chi connectivity index (χ0v) is 13.3. The molecule has 0 heterocycles. The van der Waals surface area contributed by atoms with Crippen LogP contribution in [0.1, 0.15) is 44.2 Å². The smallest absolute Gasteiger partial charge is 0.179 e. The van der Waals surface area contributed by atoms with E-state index >= 15 is 0 Å². The van der Waals surface area contributed by atoms with E-state index in [0.29, 0.717) is 4.90 Å². The van der Waals surface area contributed by atoms with E-state index in [2.05, 4.69) is 12.2 Å². The molecule has 2 rings (SSSR count). The summed E-state index contributed by atoms with van der Waals surface area (Å²) in [4.78, 5) is 0.495. The highest BCUT2D eigenvalue weighted by Gasteiger charge is 2.22. The summed E-state index contributed by atoms with van der Waals surface area (Å²) in [6.45, 7) is 5.00. The molecule has 0 radical (unpaired) electrons. The summed E-state index contributed by atoms with van der Waals surface area (Å²) in [6.07, 6.45) is 5.11. The van der Waals surface area contributed by atoms with Crippen LogP contribution in [0.2, 0.25) is 0 Å². The predicted molar refractivity (Wildman–Crippen MR) is 82.9 cm³/mol. The van der Waals surface area contributed by atoms with Crippen LogP contribution in [-0.2, 0) is 22.7 Å². The van der Waals surface area contributed by atoms with Gasteiger partial charge in [-0.3, -0.25) is 0 Å². The first kappa shape index (κ1) is 15.5. The van der Waals surface area contributed by atoms with Crippen LogP contribution in [0.15, 0.2) is 23.1 Å². The van der Waals surface area contributed by atoms with Crippen LogP contribution in [0, 0.1) is 0 Å². The number of hydrogen-bond donors (Lipinski definition) is 1. The molecule has 0 aromatic heterocycles. The molecule has 1 aromatic rings. The molecule has 0 saturated heterocycles. The summed E-state index contributed by atoms with van der Waals surface area (Å²) >= 11 is 0. The first-order chi connectivity index (χ1) is 9.56. The maximum Gasteiger partial charge on any atom is 0.179 e. The van der Waals surface area contributed by atoms with Gasteiger partial charge in [0.15, 0.2) is 9.84 Å². The first-order valence-electron chi connectivity index (χ1n) is 7.64. The van der Waals surface area contributed by atoms with Crippen molar-refractivity contribution in [3.8, 4) is 0 Å². The molecule has 1 atom stereocenters. The lowest BCUT2D eigenvalue weighted by atomic mass is 10.1. The van der Waals surface area contributed by atoms with E-state index in [1.807, 2.05) is 19.1 Å². The Morgan fingerprint density at radius 1 is 1.20 bits per heavy atom. The van der Waals surface area contributed by atoms with Crippen molar-refractivity contribution in [3.05, 3.63) is 29.3 Å². The Hall–Kier alpha value is -0.870. The van der Waals surface area contributed by atoms with E-state index in [4.69, 9.17) is 0 Å². The number of nitrogens with one attached hydrogen (secondary N) is 1. The first-order valence-corrected chi connectivity index (χ1v) is 9.30. The molecule has 20 heavy (non-hydrogen) atoms. The summed E-state index contributed by atoms with van der Waals surface area (Å²) in [7, 11) is -3.19. The lowest BCUT2D eigenvalue weighted by Crippen LogP contribution is -2.35. The minimum atomic E-state index is -3.19.